The molecule has 0 saturated heterocycles. The molecule has 2 aliphatic rings. The molecule has 1 amide bonds. The highest BCUT2D eigenvalue weighted by molar-refractivity contribution is 6.07. The van der Waals surface area contributed by atoms with E-state index in [-0.39, 0.29) is 5.56 Å². The minimum atomic E-state index is -0.628. The van der Waals surface area contributed by atoms with E-state index in [2.05, 4.69) is 0 Å². The third-order valence-corrected chi connectivity index (χ3v) is 7.00. The fraction of sp³-hybridized carbons (Fsp3) is 0.290. The number of benzene rings is 3. The van der Waals surface area contributed by atoms with Crippen LogP contribution in [0, 0.1) is 5.82 Å². The van der Waals surface area contributed by atoms with Crippen LogP contribution in [0.15, 0.2) is 59.7 Å². The van der Waals surface area contributed by atoms with Crippen molar-refractivity contribution in [3.63, 3.8) is 0 Å². The van der Waals surface area contributed by atoms with Crippen LogP contribution in [0.25, 0.3) is 6.08 Å². The maximum Gasteiger partial charge on any atom is 0.277 e. The SMILES string of the molecule is COc1ccc(C2=NN(C(=O)c3ccccc3F)C(c3cc(OC)c(OC)c(OC)c3)C2)c2c1C=CC(C)(C)O2. The van der Waals surface area contributed by atoms with Gasteiger partial charge in [0.05, 0.1) is 51.3 Å². The van der Waals surface area contributed by atoms with Gasteiger partial charge in [0.1, 0.15) is 22.9 Å². The van der Waals surface area contributed by atoms with Gasteiger partial charge in [-0.05, 0) is 68.0 Å². The summed E-state index contributed by atoms with van der Waals surface area (Å²) in [6.45, 7) is 3.91. The number of amides is 1. The average Bonchev–Trinajstić information content (AvgIpc) is 3.40. The Kier molecular flexibility index (Phi) is 7.14. The third kappa shape index (κ3) is 4.72. The number of hydrogen-bond donors (Lipinski definition) is 0. The molecule has 0 radical (unpaired) electrons. The normalized spacial score (nSPS) is 17.0. The van der Waals surface area contributed by atoms with Gasteiger partial charge in [-0.3, -0.25) is 4.79 Å². The van der Waals surface area contributed by atoms with Crippen LogP contribution in [0.1, 0.15) is 53.4 Å². The second-order valence-electron chi connectivity index (χ2n) is 9.95. The predicted octanol–water partition coefficient (Wildman–Crippen LogP) is 6.04. The van der Waals surface area contributed by atoms with Gasteiger partial charge >= 0.3 is 0 Å². The molecule has 0 N–H and O–H groups in total. The van der Waals surface area contributed by atoms with Crippen molar-refractivity contribution in [2.45, 2.75) is 31.9 Å². The molecule has 40 heavy (non-hydrogen) atoms. The molecule has 3 aromatic carbocycles. The summed E-state index contributed by atoms with van der Waals surface area (Å²) in [5.41, 5.74) is 2.14. The minimum absolute atomic E-state index is 0.0815. The summed E-state index contributed by atoms with van der Waals surface area (Å²) in [7, 11) is 6.17. The number of methoxy groups -OCH3 is 4. The second-order valence-corrected chi connectivity index (χ2v) is 9.95. The van der Waals surface area contributed by atoms with Crippen LogP contribution in [0.3, 0.4) is 0 Å². The Balaban J connectivity index is 1.66. The van der Waals surface area contributed by atoms with Gasteiger partial charge in [0, 0.05) is 12.0 Å². The predicted molar refractivity (Wildman–Crippen MR) is 149 cm³/mol. The van der Waals surface area contributed by atoms with Gasteiger partial charge in [0.25, 0.3) is 5.91 Å². The molecule has 2 heterocycles. The number of ether oxygens (including phenoxy) is 5. The zero-order valence-electron chi connectivity index (χ0n) is 23.3. The Bertz CT molecular complexity index is 1510. The highest BCUT2D eigenvalue weighted by atomic mass is 19.1. The molecule has 3 aromatic rings. The molecule has 0 fully saturated rings. The van der Waals surface area contributed by atoms with Crippen molar-refractivity contribution in [3.8, 4) is 28.7 Å². The van der Waals surface area contributed by atoms with Crippen LogP contribution in [0.4, 0.5) is 4.39 Å². The standard InChI is InChI=1S/C31H31FN2O6/c1-31(2)14-13-21-25(36-3)12-11-20(28(21)40-31)23-17-24(18-15-26(37-4)29(39-6)27(16-18)38-5)34(33-23)30(35)19-9-7-8-10-22(19)32/h7-16,24H,17H2,1-6H3. The maximum atomic E-state index is 14.8. The average molecular weight is 547 g/mol. The zero-order chi connectivity index (χ0) is 28.6. The quantitative estimate of drug-likeness (QED) is 0.360. The van der Waals surface area contributed by atoms with Gasteiger partial charge in [-0.25, -0.2) is 9.40 Å². The lowest BCUT2D eigenvalue weighted by atomic mass is 9.93. The molecule has 9 heteroatoms. The van der Waals surface area contributed by atoms with E-state index in [1.165, 1.54) is 44.5 Å². The highest BCUT2D eigenvalue weighted by Gasteiger charge is 2.38. The van der Waals surface area contributed by atoms with Crippen molar-refractivity contribution in [3.05, 3.63) is 82.7 Å². The topological polar surface area (TPSA) is 78.8 Å². The molecule has 0 aromatic heterocycles. The van der Waals surface area contributed by atoms with Crippen LogP contribution < -0.4 is 23.7 Å². The van der Waals surface area contributed by atoms with Crippen LogP contribution in [0.5, 0.6) is 28.7 Å². The third-order valence-electron chi connectivity index (χ3n) is 7.00. The molecule has 1 unspecified atom stereocenters. The number of hydrazone groups is 1. The van der Waals surface area contributed by atoms with E-state index in [9.17, 15) is 9.18 Å². The van der Waals surface area contributed by atoms with E-state index in [1.807, 2.05) is 38.1 Å². The Labute approximate surface area is 232 Å². The fourth-order valence-corrected chi connectivity index (χ4v) is 5.01. The molecule has 0 bridgehead atoms. The van der Waals surface area contributed by atoms with Crippen molar-refractivity contribution in [2.75, 3.05) is 28.4 Å². The largest absolute Gasteiger partial charge is 0.496 e. The molecule has 1 atom stereocenters. The highest BCUT2D eigenvalue weighted by Crippen LogP contribution is 2.46. The van der Waals surface area contributed by atoms with E-state index in [1.54, 1.807) is 25.3 Å². The van der Waals surface area contributed by atoms with Crippen LogP contribution in [0.2, 0.25) is 0 Å². The molecular weight excluding hydrogens is 515 g/mol. The number of hydrogen-bond acceptors (Lipinski definition) is 7. The number of halogens is 1. The van der Waals surface area contributed by atoms with Crippen molar-refractivity contribution in [1.29, 1.82) is 0 Å². The summed E-state index contributed by atoms with van der Waals surface area (Å²) in [5.74, 6) is 1.35. The summed E-state index contributed by atoms with van der Waals surface area (Å²) in [6, 6.07) is 12.5. The molecule has 0 saturated carbocycles. The Hall–Kier alpha value is -4.53. The number of carbonyl (C=O) groups excluding carboxylic acids is 1. The van der Waals surface area contributed by atoms with E-state index in [0.29, 0.717) is 46.4 Å². The number of carbonyl (C=O) groups is 1. The smallest absolute Gasteiger partial charge is 0.277 e. The monoisotopic (exact) mass is 546 g/mol. The Morgan fingerprint density at radius 2 is 1.65 bits per heavy atom. The zero-order valence-corrected chi connectivity index (χ0v) is 23.3. The first kappa shape index (κ1) is 27.1. The summed E-state index contributed by atoms with van der Waals surface area (Å²) in [5, 5.41) is 6.09. The first-order valence-corrected chi connectivity index (χ1v) is 12.8. The van der Waals surface area contributed by atoms with Crippen LogP contribution in [-0.2, 0) is 0 Å². The fourth-order valence-electron chi connectivity index (χ4n) is 5.01. The van der Waals surface area contributed by atoms with Gasteiger partial charge in [-0.1, -0.05) is 12.1 Å². The lowest BCUT2D eigenvalue weighted by Crippen LogP contribution is -2.28. The molecule has 2 aliphatic heterocycles. The van der Waals surface area contributed by atoms with Gasteiger partial charge in [0.15, 0.2) is 11.5 Å². The van der Waals surface area contributed by atoms with Gasteiger partial charge in [-0.15, -0.1) is 0 Å². The molecule has 0 spiro atoms. The van der Waals surface area contributed by atoms with Crippen molar-refractivity contribution in [2.24, 2.45) is 5.10 Å². The van der Waals surface area contributed by atoms with Crippen LogP contribution in [-0.4, -0.2) is 50.7 Å². The summed E-state index contributed by atoms with van der Waals surface area (Å²) in [4.78, 5) is 13.8. The molecule has 8 nitrogen and oxygen atoms in total. The van der Waals surface area contributed by atoms with Crippen molar-refractivity contribution < 1.29 is 32.9 Å². The van der Waals surface area contributed by atoms with E-state index >= 15 is 0 Å². The van der Waals surface area contributed by atoms with E-state index in [4.69, 9.17) is 28.8 Å². The Morgan fingerprint density at radius 3 is 2.27 bits per heavy atom. The first-order chi connectivity index (χ1) is 19.2. The van der Waals surface area contributed by atoms with Crippen molar-refractivity contribution >= 4 is 17.7 Å². The summed E-state index contributed by atoms with van der Waals surface area (Å²) < 4.78 is 43.4. The first-order valence-electron chi connectivity index (χ1n) is 12.8. The number of rotatable bonds is 7. The molecule has 5 rings (SSSR count). The second kappa shape index (κ2) is 10.6. The van der Waals surface area contributed by atoms with Crippen molar-refractivity contribution in [1.82, 2.24) is 5.01 Å². The molecule has 0 aliphatic carbocycles. The van der Waals surface area contributed by atoms with E-state index < -0.39 is 23.4 Å². The van der Waals surface area contributed by atoms with Gasteiger partial charge < -0.3 is 23.7 Å². The number of fused-ring (bicyclic) bond motifs is 1. The lowest BCUT2D eigenvalue weighted by molar-refractivity contribution is 0.0706. The van der Waals surface area contributed by atoms with Gasteiger partial charge in [-0.2, -0.15) is 5.10 Å². The summed E-state index contributed by atoms with van der Waals surface area (Å²) in [6.07, 6.45) is 4.26. The van der Waals surface area contributed by atoms with E-state index in [0.717, 1.165) is 11.1 Å². The van der Waals surface area contributed by atoms with Gasteiger partial charge in [0.2, 0.25) is 5.75 Å². The van der Waals surface area contributed by atoms with Crippen LogP contribution >= 0.6 is 0 Å². The molecular formula is C31H31FN2O6. The Morgan fingerprint density at radius 1 is 0.975 bits per heavy atom. The minimum Gasteiger partial charge on any atom is -0.496 e. The molecule has 208 valence electrons. The summed E-state index contributed by atoms with van der Waals surface area (Å²) >= 11 is 0. The maximum absolute atomic E-state index is 14.8. The lowest BCUT2D eigenvalue weighted by Gasteiger charge is -2.30. The number of nitrogens with zero attached hydrogens (tertiary/aromatic N) is 2.